The molecule has 0 spiro atoms. The van der Waals surface area contributed by atoms with Crippen LogP contribution in [0.25, 0.3) is 11.5 Å². The van der Waals surface area contributed by atoms with Crippen molar-refractivity contribution in [2.24, 2.45) is 0 Å². The lowest BCUT2D eigenvalue weighted by atomic mass is 10.2. The molecule has 106 valence electrons. The van der Waals surface area contributed by atoms with Gasteiger partial charge < -0.3 is 9.84 Å². The molecule has 2 aromatic rings. The first-order valence-corrected chi connectivity index (χ1v) is 8.12. The van der Waals surface area contributed by atoms with E-state index in [1.54, 1.807) is 18.3 Å². The molecule has 0 aliphatic carbocycles. The van der Waals surface area contributed by atoms with E-state index < -0.39 is 9.84 Å². The van der Waals surface area contributed by atoms with Crippen LogP contribution in [0.15, 0.2) is 28.9 Å². The van der Waals surface area contributed by atoms with Gasteiger partial charge in [-0.25, -0.2) is 8.42 Å². The van der Waals surface area contributed by atoms with Crippen LogP contribution in [0.2, 0.25) is 0 Å². The van der Waals surface area contributed by atoms with Gasteiger partial charge in [-0.2, -0.15) is 4.98 Å². The van der Waals surface area contributed by atoms with Crippen LogP contribution >= 0.6 is 0 Å². The number of sulfone groups is 1. The minimum Gasteiger partial charge on any atom is -0.339 e. The SMILES string of the molecule is O=S1(=O)CCNC(Cc2nc(-c3ccccn3)no2)C1. The van der Waals surface area contributed by atoms with E-state index in [9.17, 15) is 8.42 Å². The number of hydrogen-bond acceptors (Lipinski definition) is 7. The molecule has 0 bridgehead atoms. The van der Waals surface area contributed by atoms with Gasteiger partial charge in [0.25, 0.3) is 0 Å². The molecule has 0 saturated carbocycles. The summed E-state index contributed by atoms with van der Waals surface area (Å²) in [5.74, 6) is 1.13. The highest BCUT2D eigenvalue weighted by atomic mass is 32.2. The number of rotatable bonds is 3. The van der Waals surface area contributed by atoms with Crippen LogP contribution in [0.5, 0.6) is 0 Å². The van der Waals surface area contributed by atoms with Gasteiger partial charge in [-0.05, 0) is 12.1 Å². The topological polar surface area (TPSA) is 98.0 Å². The van der Waals surface area contributed by atoms with E-state index in [2.05, 4.69) is 20.4 Å². The Labute approximate surface area is 116 Å². The van der Waals surface area contributed by atoms with Crippen molar-refractivity contribution in [1.29, 1.82) is 0 Å². The first-order valence-electron chi connectivity index (χ1n) is 6.30. The number of aromatic nitrogens is 3. The molecule has 3 rings (SSSR count). The number of nitrogens with zero attached hydrogens (tertiary/aromatic N) is 3. The molecule has 0 amide bonds. The molecule has 1 atom stereocenters. The Kier molecular flexibility index (Phi) is 3.49. The van der Waals surface area contributed by atoms with Crippen molar-refractivity contribution in [3.05, 3.63) is 30.3 Å². The van der Waals surface area contributed by atoms with Crippen molar-refractivity contribution in [1.82, 2.24) is 20.4 Å². The van der Waals surface area contributed by atoms with Crippen molar-refractivity contribution >= 4 is 9.84 Å². The molecule has 1 aliphatic rings. The van der Waals surface area contributed by atoms with Crippen LogP contribution in [0.1, 0.15) is 5.89 Å². The largest absolute Gasteiger partial charge is 0.339 e. The highest BCUT2D eigenvalue weighted by Gasteiger charge is 2.26. The second-order valence-electron chi connectivity index (χ2n) is 4.70. The molecule has 7 nitrogen and oxygen atoms in total. The van der Waals surface area contributed by atoms with Gasteiger partial charge in [-0.3, -0.25) is 4.98 Å². The van der Waals surface area contributed by atoms with E-state index in [1.165, 1.54) is 0 Å². The van der Waals surface area contributed by atoms with Gasteiger partial charge in [0.2, 0.25) is 11.7 Å². The predicted octanol–water partition coefficient (Wildman–Crippen LogP) is 0.0607. The van der Waals surface area contributed by atoms with E-state index in [1.807, 2.05) is 6.07 Å². The van der Waals surface area contributed by atoms with Crippen molar-refractivity contribution in [2.45, 2.75) is 12.5 Å². The molecule has 2 aromatic heterocycles. The third-order valence-corrected chi connectivity index (χ3v) is 4.82. The summed E-state index contributed by atoms with van der Waals surface area (Å²) in [6.07, 6.45) is 2.06. The second kappa shape index (κ2) is 5.29. The molecule has 8 heteroatoms. The Hall–Kier alpha value is -1.80. The van der Waals surface area contributed by atoms with E-state index >= 15 is 0 Å². The van der Waals surface area contributed by atoms with Gasteiger partial charge in [-0.15, -0.1) is 0 Å². The van der Waals surface area contributed by atoms with E-state index in [0.29, 0.717) is 30.4 Å². The summed E-state index contributed by atoms with van der Waals surface area (Å²) < 4.78 is 28.3. The molecule has 1 saturated heterocycles. The zero-order chi connectivity index (χ0) is 14.0. The normalized spacial score (nSPS) is 21.7. The third kappa shape index (κ3) is 3.02. The van der Waals surface area contributed by atoms with E-state index in [0.717, 1.165) is 0 Å². The average molecular weight is 294 g/mol. The lowest BCUT2D eigenvalue weighted by molar-refractivity contribution is 0.361. The Balaban J connectivity index is 1.72. The maximum atomic E-state index is 11.6. The Bertz CT molecular complexity index is 684. The second-order valence-corrected chi connectivity index (χ2v) is 6.92. The molecule has 1 N–H and O–H groups in total. The molecule has 1 fully saturated rings. The van der Waals surface area contributed by atoms with Crippen molar-refractivity contribution in [3.8, 4) is 11.5 Å². The van der Waals surface area contributed by atoms with Crippen LogP contribution < -0.4 is 5.32 Å². The van der Waals surface area contributed by atoms with Crippen molar-refractivity contribution in [2.75, 3.05) is 18.1 Å². The Morgan fingerprint density at radius 1 is 1.40 bits per heavy atom. The highest BCUT2D eigenvalue weighted by molar-refractivity contribution is 7.91. The van der Waals surface area contributed by atoms with Crippen LogP contribution in [0.4, 0.5) is 0 Å². The fourth-order valence-corrected chi connectivity index (χ4v) is 3.59. The minimum absolute atomic E-state index is 0.105. The maximum Gasteiger partial charge on any atom is 0.228 e. The zero-order valence-corrected chi connectivity index (χ0v) is 11.5. The van der Waals surface area contributed by atoms with Crippen LogP contribution in [-0.4, -0.2) is 47.6 Å². The molecule has 20 heavy (non-hydrogen) atoms. The summed E-state index contributed by atoms with van der Waals surface area (Å²) in [4.78, 5) is 8.38. The molecular weight excluding hydrogens is 280 g/mol. The van der Waals surface area contributed by atoms with Gasteiger partial charge in [0.05, 0.1) is 11.5 Å². The molecule has 0 radical (unpaired) electrons. The third-order valence-electron chi connectivity index (χ3n) is 3.08. The van der Waals surface area contributed by atoms with E-state index in [4.69, 9.17) is 4.52 Å². The molecule has 3 heterocycles. The highest BCUT2D eigenvalue weighted by Crippen LogP contribution is 2.14. The summed E-state index contributed by atoms with van der Waals surface area (Å²) in [7, 11) is -2.96. The van der Waals surface area contributed by atoms with Gasteiger partial charge in [-0.1, -0.05) is 11.2 Å². The van der Waals surface area contributed by atoms with Crippen molar-refractivity contribution in [3.63, 3.8) is 0 Å². The summed E-state index contributed by atoms with van der Waals surface area (Å²) in [5.41, 5.74) is 0.631. The Morgan fingerprint density at radius 3 is 3.05 bits per heavy atom. The Morgan fingerprint density at radius 2 is 2.30 bits per heavy atom. The first-order chi connectivity index (χ1) is 9.62. The predicted molar refractivity (Wildman–Crippen MR) is 71.7 cm³/mol. The van der Waals surface area contributed by atoms with Gasteiger partial charge in [0.15, 0.2) is 9.84 Å². The van der Waals surface area contributed by atoms with Crippen LogP contribution in [0, 0.1) is 0 Å². The smallest absolute Gasteiger partial charge is 0.228 e. The summed E-state index contributed by atoms with van der Waals surface area (Å²) in [6.45, 7) is 0.467. The monoisotopic (exact) mass is 294 g/mol. The van der Waals surface area contributed by atoms with Gasteiger partial charge in [0.1, 0.15) is 5.69 Å². The summed E-state index contributed by atoms with van der Waals surface area (Å²) >= 11 is 0. The lowest BCUT2D eigenvalue weighted by Gasteiger charge is -2.21. The molecular formula is C12H14N4O3S. The van der Waals surface area contributed by atoms with Crippen LogP contribution in [-0.2, 0) is 16.3 Å². The summed E-state index contributed by atoms with van der Waals surface area (Å²) in [5, 5.41) is 7.01. The van der Waals surface area contributed by atoms with E-state index in [-0.39, 0.29) is 17.5 Å². The fraction of sp³-hybridized carbons (Fsp3) is 0.417. The number of pyridine rings is 1. The standard InChI is InChI=1S/C12H14N4O3S/c17-20(18)6-5-13-9(8-20)7-11-15-12(16-19-11)10-3-1-2-4-14-10/h1-4,9,13H,5-8H2. The first kappa shape index (κ1) is 13.2. The lowest BCUT2D eigenvalue weighted by Crippen LogP contribution is -2.46. The summed E-state index contributed by atoms with van der Waals surface area (Å²) in [6, 6.07) is 5.26. The maximum absolute atomic E-state index is 11.6. The molecule has 0 aromatic carbocycles. The van der Waals surface area contributed by atoms with Gasteiger partial charge in [0, 0.05) is 25.2 Å². The quantitative estimate of drug-likeness (QED) is 0.854. The zero-order valence-electron chi connectivity index (χ0n) is 10.7. The van der Waals surface area contributed by atoms with Gasteiger partial charge >= 0.3 is 0 Å². The number of nitrogens with one attached hydrogen (secondary N) is 1. The fourth-order valence-electron chi connectivity index (χ4n) is 2.15. The molecule has 1 unspecified atom stereocenters. The van der Waals surface area contributed by atoms with Crippen molar-refractivity contribution < 1.29 is 12.9 Å². The van der Waals surface area contributed by atoms with Crippen LogP contribution in [0.3, 0.4) is 0 Å². The number of hydrogen-bond donors (Lipinski definition) is 1. The minimum atomic E-state index is -2.96. The average Bonchev–Trinajstić information content (AvgIpc) is 2.87. The molecule has 1 aliphatic heterocycles.